The lowest BCUT2D eigenvalue weighted by Crippen LogP contribution is -2.43. The highest BCUT2D eigenvalue weighted by atomic mass is 79.9. The second kappa shape index (κ2) is 7.77. The van der Waals surface area contributed by atoms with Gasteiger partial charge in [-0.1, -0.05) is 0 Å². The van der Waals surface area contributed by atoms with Crippen LogP contribution in [-0.4, -0.2) is 46.7 Å². The first-order chi connectivity index (χ1) is 12.4. The zero-order valence-electron chi connectivity index (χ0n) is 14.0. The lowest BCUT2D eigenvalue weighted by atomic mass is 10.3. The maximum absolute atomic E-state index is 14.5. The number of methoxy groups -OCH3 is 1. The van der Waals surface area contributed by atoms with Gasteiger partial charge in [0, 0.05) is 48.6 Å². The minimum absolute atomic E-state index is 0.0987. The van der Waals surface area contributed by atoms with Crippen LogP contribution < -0.4 is 19.7 Å². The molecule has 0 spiro atoms. The average molecular weight is 445 g/mol. The van der Waals surface area contributed by atoms with E-state index in [1.54, 1.807) is 6.07 Å². The first-order valence-corrected chi connectivity index (χ1v) is 10.2. The summed E-state index contributed by atoms with van der Waals surface area (Å²) in [6, 6.07) is 6.21. The third-order valence-electron chi connectivity index (χ3n) is 3.97. The van der Waals surface area contributed by atoms with Gasteiger partial charge in [0.1, 0.15) is 10.7 Å². The van der Waals surface area contributed by atoms with Gasteiger partial charge in [-0.3, -0.25) is 4.72 Å². The second-order valence-electron chi connectivity index (χ2n) is 5.63. The number of halogens is 2. The summed E-state index contributed by atoms with van der Waals surface area (Å²) in [5, 5.41) is 3.25. The van der Waals surface area contributed by atoms with Crippen molar-refractivity contribution in [3.05, 3.63) is 40.8 Å². The van der Waals surface area contributed by atoms with Gasteiger partial charge in [-0.25, -0.2) is 17.8 Å². The zero-order valence-corrected chi connectivity index (χ0v) is 16.4. The number of nitrogens with zero attached hydrogens (tertiary/aromatic N) is 2. The molecule has 0 saturated carbocycles. The summed E-state index contributed by atoms with van der Waals surface area (Å²) in [7, 11) is -2.93. The van der Waals surface area contributed by atoms with Crippen molar-refractivity contribution in [1.29, 1.82) is 0 Å². The van der Waals surface area contributed by atoms with Crippen molar-refractivity contribution in [2.45, 2.75) is 4.90 Å². The van der Waals surface area contributed by atoms with Crippen molar-refractivity contribution in [2.75, 3.05) is 42.9 Å². The number of sulfonamides is 1. The van der Waals surface area contributed by atoms with E-state index in [2.05, 4.69) is 35.9 Å². The third-order valence-corrected chi connectivity index (χ3v) is 6.30. The maximum atomic E-state index is 14.5. The van der Waals surface area contributed by atoms with E-state index >= 15 is 0 Å². The predicted octanol–water partition coefficient (Wildman–Crippen LogP) is 2.20. The Morgan fingerprint density at radius 2 is 2.04 bits per heavy atom. The van der Waals surface area contributed by atoms with Crippen molar-refractivity contribution in [3.63, 3.8) is 0 Å². The molecule has 3 rings (SSSR count). The monoisotopic (exact) mass is 444 g/mol. The van der Waals surface area contributed by atoms with Crippen molar-refractivity contribution in [2.24, 2.45) is 0 Å². The van der Waals surface area contributed by atoms with Gasteiger partial charge in [0.15, 0.2) is 11.6 Å². The zero-order chi connectivity index (χ0) is 18.7. The second-order valence-corrected chi connectivity index (χ2v) is 8.11. The molecule has 0 aliphatic carbocycles. The van der Waals surface area contributed by atoms with E-state index < -0.39 is 20.7 Å². The van der Waals surface area contributed by atoms with Crippen LogP contribution in [0.2, 0.25) is 0 Å². The standard InChI is InChI=1S/C16H18BrFN4O3S/c1-25-13-3-2-12(17)16(15(13)18)26(23,24)21-14-10-11(4-5-20-14)22-8-6-19-7-9-22/h2-5,10,19H,6-9H2,1H3,(H,20,21). The van der Waals surface area contributed by atoms with Gasteiger partial charge in [0.05, 0.1) is 7.11 Å². The van der Waals surface area contributed by atoms with E-state index in [9.17, 15) is 12.8 Å². The molecule has 1 saturated heterocycles. The normalized spacial score (nSPS) is 15.0. The van der Waals surface area contributed by atoms with Gasteiger partial charge < -0.3 is 15.0 Å². The van der Waals surface area contributed by atoms with Gasteiger partial charge in [-0.05, 0) is 34.1 Å². The molecule has 0 radical (unpaired) electrons. The van der Waals surface area contributed by atoms with Gasteiger partial charge in [0.2, 0.25) is 0 Å². The molecule has 0 atom stereocenters. The number of pyridine rings is 1. The van der Waals surface area contributed by atoms with E-state index in [0.29, 0.717) is 0 Å². The Bertz CT molecular complexity index is 904. The molecule has 2 aromatic rings. The maximum Gasteiger partial charge on any atom is 0.267 e. The lowest BCUT2D eigenvalue weighted by Gasteiger charge is -2.29. The Labute approximate surface area is 159 Å². The van der Waals surface area contributed by atoms with Gasteiger partial charge in [-0.2, -0.15) is 0 Å². The highest BCUT2D eigenvalue weighted by molar-refractivity contribution is 9.10. The van der Waals surface area contributed by atoms with Crippen LogP contribution in [0.25, 0.3) is 0 Å². The largest absolute Gasteiger partial charge is 0.494 e. The summed E-state index contributed by atoms with van der Waals surface area (Å²) in [5.41, 5.74) is 0.851. The Kier molecular flexibility index (Phi) is 5.64. The van der Waals surface area contributed by atoms with E-state index in [-0.39, 0.29) is 16.0 Å². The topological polar surface area (TPSA) is 83.6 Å². The van der Waals surface area contributed by atoms with Gasteiger partial charge in [-0.15, -0.1) is 0 Å². The van der Waals surface area contributed by atoms with E-state index in [1.165, 1.54) is 25.4 Å². The molecule has 2 N–H and O–H groups in total. The number of ether oxygens (including phenoxy) is 1. The fraction of sp³-hybridized carbons (Fsp3) is 0.312. The van der Waals surface area contributed by atoms with Crippen LogP contribution >= 0.6 is 15.9 Å². The van der Waals surface area contributed by atoms with Crippen LogP contribution in [0.1, 0.15) is 0 Å². The van der Waals surface area contributed by atoms with E-state index in [1.807, 2.05) is 6.07 Å². The Hall–Kier alpha value is -1.91. The molecule has 1 fully saturated rings. The summed E-state index contributed by atoms with van der Waals surface area (Å²) in [5.74, 6) is -1.00. The number of benzene rings is 1. The van der Waals surface area contributed by atoms with Crippen LogP contribution in [0.15, 0.2) is 39.8 Å². The minimum atomic E-state index is -4.20. The summed E-state index contributed by atoms with van der Waals surface area (Å²) in [4.78, 5) is 5.65. The lowest BCUT2D eigenvalue weighted by molar-refractivity contribution is 0.380. The number of piperazine rings is 1. The first-order valence-electron chi connectivity index (χ1n) is 7.89. The van der Waals surface area contributed by atoms with E-state index in [4.69, 9.17) is 4.74 Å². The number of nitrogens with one attached hydrogen (secondary N) is 2. The fourth-order valence-electron chi connectivity index (χ4n) is 2.70. The molecule has 2 heterocycles. The average Bonchev–Trinajstić information content (AvgIpc) is 2.62. The van der Waals surface area contributed by atoms with Crippen LogP contribution in [0, 0.1) is 5.82 Å². The van der Waals surface area contributed by atoms with Crippen molar-refractivity contribution >= 4 is 37.5 Å². The quantitative estimate of drug-likeness (QED) is 0.735. The molecule has 1 aliphatic rings. The van der Waals surface area contributed by atoms with Crippen LogP contribution in [0.5, 0.6) is 5.75 Å². The molecule has 0 amide bonds. The smallest absolute Gasteiger partial charge is 0.267 e. The Morgan fingerprint density at radius 1 is 1.31 bits per heavy atom. The SMILES string of the molecule is COc1ccc(Br)c(S(=O)(=O)Nc2cc(N3CCNCC3)ccn2)c1F. The van der Waals surface area contributed by atoms with Crippen LogP contribution in [0.4, 0.5) is 15.9 Å². The number of rotatable bonds is 5. The molecule has 7 nitrogen and oxygen atoms in total. The summed E-state index contributed by atoms with van der Waals surface area (Å²) in [6.07, 6.45) is 1.52. The van der Waals surface area contributed by atoms with Crippen molar-refractivity contribution < 1.29 is 17.5 Å². The number of hydrogen-bond acceptors (Lipinski definition) is 6. The van der Waals surface area contributed by atoms with Gasteiger partial charge in [0.25, 0.3) is 10.0 Å². The molecular formula is C16H18BrFN4O3S. The van der Waals surface area contributed by atoms with Crippen molar-refractivity contribution in [1.82, 2.24) is 10.3 Å². The summed E-state index contributed by atoms with van der Waals surface area (Å²) >= 11 is 3.09. The highest BCUT2D eigenvalue weighted by Crippen LogP contribution is 2.32. The minimum Gasteiger partial charge on any atom is -0.494 e. The van der Waals surface area contributed by atoms with Crippen LogP contribution in [-0.2, 0) is 10.0 Å². The molecule has 1 aromatic carbocycles. The number of hydrogen-bond donors (Lipinski definition) is 2. The predicted molar refractivity (Wildman–Crippen MR) is 101 cm³/mol. The molecule has 0 unspecified atom stereocenters. The number of aromatic nitrogens is 1. The highest BCUT2D eigenvalue weighted by Gasteiger charge is 2.26. The fourth-order valence-corrected chi connectivity index (χ4v) is 4.80. The summed E-state index contributed by atoms with van der Waals surface area (Å²) in [6.45, 7) is 3.33. The van der Waals surface area contributed by atoms with Gasteiger partial charge >= 0.3 is 0 Å². The molecule has 1 aromatic heterocycles. The molecule has 140 valence electrons. The van der Waals surface area contributed by atoms with Crippen molar-refractivity contribution in [3.8, 4) is 5.75 Å². The first kappa shape index (κ1) is 18.9. The third kappa shape index (κ3) is 3.92. The summed E-state index contributed by atoms with van der Waals surface area (Å²) < 4.78 is 47.2. The molecule has 0 bridgehead atoms. The molecule has 1 aliphatic heterocycles. The number of anilines is 2. The molecule has 10 heteroatoms. The van der Waals surface area contributed by atoms with Crippen LogP contribution in [0.3, 0.4) is 0 Å². The Balaban J connectivity index is 1.91. The molecule has 26 heavy (non-hydrogen) atoms. The molecular weight excluding hydrogens is 427 g/mol. The Morgan fingerprint density at radius 3 is 2.73 bits per heavy atom. The van der Waals surface area contributed by atoms with E-state index in [0.717, 1.165) is 31.9 Å².